The highest BCUT2D eigenvalue weighted by Gasteiger charge is 2.38. The summed E-state index contributed by atoms with van der Waals surface area (Å²) in [5, 5.41) is 6.57. The summed E-state index contributed by atoms with van der Waals surface area (Å²) in [6.45, 7) is 0. The van der Waals surface area contributed by atoms with Crippen LogP contribution in [0.25, 0.3) is 11.3 Å². The van der Waals surface area contributed by atoms with Crippen molar-refractivity contribution in [2.75, 3.05) is 12.4 Å². The molecule has 2 aromatic rings. The second-order valence-electron chi connectivity index (χ2n) is 5.94. The van der Waals surface area contributed by atoms with Crippen LogP contribution in [-0.2, 0) is 29.5 Å². The zero-order valence-corrected chi connectivity index (χ0v) is 15.2. The van der Waals surface area contributed by atoms with Crippen LogP contribution in [-0.4, -0.2) is 49.0 Å². The molecule has 1 saturated heterocycles. The first-order chi connectivity index (χ1) is 11.9. The van der Waals surface area contributed by atoms with Gasteiger partial charge in [0.1, 0.15) is 5.25 Å². The second-order valence-corrected chi connectivity index (χ2v) is 8.18. The molecule has 1 aliphatic carbocycles. The molecule has 1 unspecified atom stereocenters. The highest BCUT2D eigenvalue weighted by molar-refractivity contribution is 8.15. The third kappa shape index (κ3) is 2.74. The molecule has 0 saturated carbocycles. The van der Waals surface area contributed by atoms with E-state index in [1.54, 1.807) is 6.20 Å². The molecule has 1 atom stereocenters. The van der Waals surface area contributed by atoms with Gasteiger partial charge in [0.15, 0.2) is 5.13 Å². The SMILES string of the molecule is CN1C(=O)SC(CC(=O)Nc2nc3c(s2)CCc2c-3cnn2C)C1=O. The van der Waals surface area contributed by atoms with Crippen molar-refractivity contribution in [1.82, 2.24) is 19.7 Å². The zero-order chi connectivity index (χ0) is 17.7. The quantitative estimate of drug-likeness (QED) is 0.874. The van der Waals surface area contributed by atoms with Gasteiger partial charge in [0, 0.05) is 36.7 Å². The predicted molar refractivity (Wildman–Crippen MR) is 94.5 cm³/mol. The zero-order valence-electron chi connectivity index (χ0n) is 13.6. The van der Waals surface area contributed by atoms with Gasteiger partial charge in [-0.05, 0) is 12.8 Å². The number of aromatic nitrogens is 3. The van der Waals surface area contributed by atoms with Gasteiger partial charge in [0.2, 0.25) is 11.8 Å². The minimum absolute atomic E-state index is 0.0397. The molecule has 1 N–H and O–H groups in total. The summed E-state index contributed by atoms with van der Waals surface area (Å²) < 4.78 is 1.85. The lowest BCUT2D eigenvalue weighted by Gasteiger charge is -2.10. The monoisotopic (exact) mass is 377 g/mol. The van der Waals surface area contributed by atoms with Crippen molar-refractivity contribution in [2.45, 2.75) is 24.5 Å². The molecule has 3 heterocycles. The largest absolute Gasteiger partial charge is 0.302 e. The van der Waals surface area contributed by atoms with Crippen molar-refractivity contribution in [3.63, 3.8) is 0 Å². The lowest BCUT2D eigenvalue weighted by molar-refractivity contribution is -0.127. The van der Waals surface area contributed by atoms with Crippen molar-refractivity contribution >= 4 is 45.3 Å². The number of hydrogen-bond acceptors (Lipinski definition) is 7. The molecule has 3 amide bonds. The molecule has 0 bridgehead atoms. The number of nitrogens with zero attached hydrogens (tertiary/aromatic N) is 4. The first-order valence-corrected chi connectivity index (χ1v) is 9.42. The molecule has 4 rings (SSSR count). The van der Waals surface area contributed by atoms with Gasteiger partial charge in [-0.2, -0.15) is 5.10 Å². The number of fused-ring (bicyclic) bond motifs is 3. The predicted octanol–water partition coefficient (Wildman–Crippen LogP) is 1.66. The Morgan fingerprint density at radius 2 is 2.16 bits per heavy atom. The minimum Gasteiger partial charge on any atom is -0.302 e. The molecule has 8 nitrogen and oxygen atoms in total. The van der Waals surface area contributed by atoms with E-state index in [1.165, 1.54) is 18.4 Å². The van der Waals surface area contributed by atoms with Crippen molar-refractivity contribution in [3.8, 4) is 11.3 Å². The molecule has 0 aromatic carbocycles. The molecule has 2 aromatic heterocycles. The van der Waals surface area contributed by atoms with Crippen molar-refractivity contribution in [3.05, 3.63) is 16.8 Å². The number of aryl methyl sites for hydroxylation is 2. The number of hydrogen-bond donors (Lipinski definition) is 1. The number of carbonyl (C=O) groups excluding carboxylic acids is 3. The van der Waals surface area contributed by atoms with Crippen molar-refractivity contribution in [1.29, 1.82) is 0 Å². The number of carbonyl (C=O) groups is 3. The second kappa shape index (κ2) is 5.95. The Hall–Kier alpha value is -2.20. The summed E-state index contributed by atoms with van der Waals surface area (Å²) in [5.41, 5.74) is 3.02. The van der Waals surface area contributed by atoms with Gasteiger partial charge in [-0.25, -0.2) is 4.98 Å². The smallest absolute Gasteiger partial charge is 0.288 e. The standard InChI is InChI=1S/C15H15N5O3S2/c1-19-13(22)10(25-15(19)23)5-11(21)17-14-18-12-7-6-16-20(2)8(7)3-4-9(12)24-14/h6,10H,3-5H2,1-2H3,(H,17,18,21). The minimum atomic E-state index is -0.656. The number of thioether (sulfide) groups is 1. The first-order valence-electron chi connectivity index (χ1n) is 7.73. The summed E-state index contributed by atoms with van der Waals surface area (Å²) >= 11 is 2.34. The summed E-state index contributed by atoms with van der Waals surface area (Å²) in [5.74, 6) is -0.643. The molecular weight excluding hydrogens is 362 g/mol. The first kappa shape index (κ1) is 16.3. The van der Waals surface area contributed by atoms with Crippen molar-refractivity contribution < 1.29 is 14.4 Å². The molecule has 0 radical (unpaired) electrons. The molecule has 1 fully saturated rings. The van der Waals surface area contributed by atoms with Crippen LogP contribution in [0.15, 0.2) is 6.20 Å². The van der Waals surface area contributed by atoms with Gasteiger partial charge in [-0.3, -0.25) is 24.0 Å². The van der Waals surface area contributed by atoms with E-state index in [9.17, 15) is 14.4 Å². The van der Waals surface area contributed by atoms with Gasteiger partial charge in [0.25, 0.3) is 5.24 Å². The van der Waals surface area contributed by atoms with Crippen LogP contribution in [0.1, 0.15) is 17.0 Å². The molecule has 10 heteroatoms. The summed E-state index contributed by atoms with van der Waals surface area (Å²) in [6.07, 6.45) is 3.53. The van der Waals surface area contributed by atoms with Crippen LogP contribution in [0.2, 0.25) is 0 Å². The number of amides is 3. The molecule has 130 valence electrons. The summed E-state index contributed by atoms with van der Waals surface area (Å²) in [7, 11) is 3.34. The summed E-state index contributed by atoms with van der Waals surface area (Å²) in [6, 6.07) is 0. The number of nitrogens with one attached hydrogen (secondary N) is 1. The Labute approximate surface area is 151 Å². The van der Waals surface area contributed by atoms with E-state index >= 15 is 0 Å². The van der Waals surface area contributed by atoms with Gasteiger partial charge in [-0.1, -0.05) is 11.8 Å². The van der Waals surface area contributed by atoms with E-state index in [-0.39, 0.29) is 23.5 Å². The Morgan fingerprint density at radius 1 is 1.36 bits per heavy atom. The van der Waals surface area contributed by atoms with Crippen LogP contribution in [0.4, 0.5) is 9.93 Å². The Morgan fingerprint density at radius 3 is 2.88 bits per heavy atom. The average molecular weight is 377 g/mol. The summed E-state index contributed by atoms with van der Waals surface area (Å²) in [4.78, 5) is 42.3. The van der Waals surface area contributed by atoms with Crippen LogP contribution >= 0.6 is 23.1 Å². The van der Waals surface area contributed by atoms with E-state index in [2.05, 4.69) is 15.4 Å². The Bertz CT molecular complexity index is 903. The Kier molecular flexibility index (Phi) is 3.88. The Balaban J connectivity index is 1.48. The van der Waals surface area contributed by atoms with E-state index in [0.29, 0.717) is 5.13 Å². The molecule has 25 heavy (non-hydrogen) atoms. The maximum atomic E-state index is 12.2. The average Bonchev–Trinajstić information content (AvgIpc) is 3.21. The fraction of sp³-hybridized carbons (Fsp3) is 0.400. The number of anilines is 1. The number of thiazole rings is 1. The maximum absolute atomic E-state index is 12.2. The van der Waals surface area contributed by atoms with Crippen LogP contribution in [0.3, 0.4) is 0 Å². The number of imide groups is 1. The van der Waals surface area contributed by atoms with E-state index in [1.807, 2.05) is 11.7 Å². The highest BCUT2D eigenvalue weighted by atomic mass is 32.2. The van der Waals surface area contributed by atoms with Gasteiger partial charge in [-0.15, -0.1) is 11.3 Å². The fourth-order valence-corrected chi connectivity index (χ4v) is 4.98. The van der Waals surface area contributed by atoms with Crippen LogP contribution < -0.4 is 5.32 Å². The van der Waals surface area contributed by atoms with Crippen molar-refractivity contribution in [2.24, 2.45) is 7.05 Å². The van der Waals surface area contributed by atoms with Crippen LogP contribution in [0.5, 0.6) is 0 Å². The molecule has 1 aliphatic heterocycles. The normalized spacial score (nSPS) is 19.1. The lowest BCUT2D eigenvalue weighted by atomic mass is 10.0. The maximum Gasteiger partial charge on any atom is 0.288 e. The lowest BCUT2D eigenvalue weighted by Crippen LogP contribution is -2.29. The molecule has 2 aliphatic rings. The third-order valence-electron chi connectivity index (χ3n) is 4.34. The van der Waals surface area contributed by atoms with E-state index in [4.69, 9.17) is 0 Å². The molecular formula is C15H15N5O3S2. The van der Waals surface area contributed by atoms with Gasteiger partial charge >= 0.3 is 0 Å². The van der Waals surface area contributed by atoms with E-state index in [0.717, 1.165) is 51.3 Å². The van der Waals surface area contributed by atoms with Gasteiger partial charge in [0.05, 0.1) is 11.9 Å². The van der Waals surface area contributed by atoms with Gasteiger partial charge < -0.3 is 5.32 Å². The van der Waals surface area contributed by atoms with Crippen LogP contribution in [0, 0.1) is 0 Å². The highest BCUT2D eigenvalue weighted by Crippen LogP contribution is 2.38. The number of rotatable bonds is 3. The topological polar surface area (TPSA) is 97.2 Å². The third-order valence-corrected chi connectivity index (χ3v) is 6.50. The van der Waals surface area contributed by atoms with E-state index < -0.39 is 5.25 Å². The fourth-order valence-electron chi connectivity index (χ4n) is 3.00. The molecule has 0 spiro atoms.